The Hall–Kier alpha value is -3.45. The van der Waals surface area contributed by atoms with Gasteiger partial charge in [0, 0.05) is 11.1 Å². The van der Waals surface area contributed by atoms with Crippen molar-refractivity contribution in [2.24, 2.45) is 0 Å². The molecule has 0 aliphatic rings. The minimum absolute atomic E-state index is 0.0531. The summed E-state index contributed by atoms with van der Waals surface area (Å²) in [5.74, 6) is 0.873. The first-order valence-electron chi connectivity index (χ1n) is 9.63. The predicted octanol–water partition coefficient (Wildman–Crippen LogP) is 4.91. The van der Waals surface area contributed by atoms with E-state index in [1.54, 1.807) is 37.4 Å². The maximum Gasteiger partial charge on any atom is 0.291 e. The van der Waals surface area contributed by atoms with Crippen LogP contribution in [0.3, 0.4) is 0 Å². The molecule has 0 bridgehead atoms. The highest BCUT2D eigenvalue weighted by molar-refractivity contribution is 6.31. The molecule has 0 radical (unpaired) electrons. The number of para-hydroxylation sites is 2. The van der Waals surface area contributed by atoms with Crippen LogP contribution < -0.4 is 20.1 Å². The van der Waals surface area contributed by atoms with E-state index in [9.17, 15) is 9.59 Å². The second-order valence-electron chi connectivity index (χ2n) is 6.98. The Morgan fingerprint density at radius 3 is 2.48 bits per heavy atom. The molecular formula is C23H23ClN2O5. The first-order valence-corrected chi connectivity index (χ1v) is 10.0. The normalized spacial score (nSPS) is 10.6. The van der Waals surface area contributed by atoms with Crippen molar-refractivity contribution in [2.75, 3.05) is 12.4 Å². The Morgan fingerprint density at radius 1 is 1.03 bits per heavy atom. The zero-order valence-electron chi connectivity index (χ0n) is 17.4. The number of carbonyl (C=O) groups excluding carboxylic acids is 2. The van der Waals surface area contributed by atoms with Crippen LogP contribution in [0, 0.1) is 0 Å². The number of anilines is 1. The molecule has 0 aliphatic carbocycles. The van der Waals surface area contributed by atoms with Gasteiger partial charge in [-0.25, -0.2) is 0 Å². The summed E-state index contributed by atoms with van der Waals surface area (Å²) in [4.78, 5) is 25.1. The molecule has 1 heterocycles. The van der Waals surface area contributed by atoms with Gasteiger partial charge in [0.1, 0.15) is 12.4 Å². The largest absolute Gasteiger partial charge is 0.493 e. The average molecular weight is 443 g/mol. The second-order valence-corrected chi connectivity index (χ2v) is 7.41. The van der Waals surface area contributed by atoms with Gasteiger partial charge >= 0.3 is 0 Å². The molecule has 3 aromatic rings. The summed E-state index contributed by atoms with van der Waals surface area (Å²) >= 11 is 6.05. The Labute approximate surface area is 185 Å². The van der Waals surface area contributed by atoms with Crippen molar-refractivity contribution in [1.29, 1.82) is 0 Å². The van der Waals surface area contributed by atoms with Crippen LogP contribution in [-0.2, 0) is 6.61 Å². The van der Waals surface area contributed by atoms with Gasteiger partial charge in [0.25, 0.3) is 11.8 Å². The van der Waals surface area contributed by atoms with Gasteiger partial charge in [-0.15, -0.1) is 0 Å². The van der Waals surface area contributed by atoms with Gasteiger partial charge in [-0.05, 0) is 56.3 Å². The van der Waals surface area contributed by atoms with Gasteiger partial charge in [0.15, 0.2) is 17.3 Å². The van der Waals surface area contributed by atoms with Crippen molar-refractivity contribution in [2.45, 2.75) is 26.5 Å². The summed E-state index contributed by atoms with van der Waals surface area (Å²) in [6.45, 7) is 3.82. The second kappa shape index (κ2) is 10.0. The van der Waals surface area contributed by atoms with Crippen molar-refractivity contribution >= 4 is 29.1 Å². The number of carbonyl (C=O) groups is 2. The maximum atomic E-state index is 12.7. The summed E-state index contributed by atoms with van der Waals surface area (Å²) in [7, 11) is 1.56. The van der Waals surface area contributed by atoms with Crippen LogP contribution in [0.2, 0.25) is 5.02 Å². The van der Waals surface area contributed by atoms with Crippen LogP contribution in [0.15, 0.2) is 59.0 Å². The third-order valence-corrected chi connectivity index (χ3v) is 4.45. The summed E-state index contributed by atoms with van der Waals surface area (Å²) in [6, 6.07) is 15.0. The van der Waals surface area contributed by atoms with E-state index in [1.807, 2.05) is 26.0 Å². The highest BCUT2D eigenvalue weighted by Crippen LogP contribution is 2.27. The number of hydrogen-bond acceptors (Lipinski definition) is 5. The van der Waals surface area contributed by atoms with Crippen molar-refractivity contribution < 1.29 is 23.5 Å². The summed E-state index contributed by atoms with van der Waals surface area (Å²) < 4.78 is 16.5. The number of methoxy groups -OCH3 is 1. The number of halogens is 1. The van der Waals surface area contributed by atoms with E-state index in [1.165, 1.54) is 12.1 Å². The summed E-state index contributed by atoms with van der Waals surface area (Å²) in [6.07, 6.45) is 0. The van der Waals surface area contributed by atoms with Gasteiger partial charge in [-0.2, -0.15) is 0 Å². The first kappa shape index (κ1) is 22.2. The summed E-state index contributed by atoms with van der Waals surface area (Å²) in [5.41, 5.74) is 0.594. The van der Waals surface area contributed by atoms with Gasteiger partial charge in [0.05, 0.1) is 18.4 Å². The van der Waals surface area contributed by atoms with Crippen LogP contribution >= 0.6 is 11.6 Å². The number of rotatable bonds is 8. The lowest BCUT2D eigenvalue weighted by molar-refractivity contribution is 0.0944. The molecule has 0 fully saturated rings. The topological polar surface area (TPSA) is 89.8 Å². The smallest absolute Gasteiger partial charge is 0.291 e. The monoisotopic (exact) mass is 442 g/mol. The van der Waals surface area contributed by atoms with E-state index in [-0.39, 0.29) is 24.3 Å². The minimum Gasteiger partial charge on any atom is -0.493 e. The first-order chi connectivity index (χ1) is 14.9. The van der Waals surface area contributed by atoms with Gasteiger partial charge in [0.2, 0.25) is 0 Å². The lowest BCUT2D eigenvalue weighted by Gasteiger charge is -2.13. The fraction of sp³-hybridized carbons (Fsp3) is 0.217. The number of benzene rings is 2. The molecule has 0 spiro atoms. The van der Waals surface area contributed by atoms with Crippen LogP contribution in [0.1, 0.15) is 40.5 Å². The van der Waals surface area contributed by atoms with E-state index in [2.05, 4.69) is 10.6 Å². The Balaban J connectivity index is 1.70. The fourth-order valence-electron chi connectivity index (χ4n) is 2.81. The molecule has 3 rings (SSSR count). The van der Waals surface area contributed by atoms with Gasteiger partial charge < -0.3 is 24.5 Å². The van der Waals surface area contributed by atoms with Crippen molar-refractivity contribution in [1.82, 2.24) is 5.32 Å². The number of amides is 2. The van der Waals surface area contributed by atoms with Crippen LogP contribution in [0.5, 0.6) is 11.5 Å². The Kier molecular flexibility index (Phi) is 7.20. The van der Waals surface area contributed by atoms with Crippen LogP contribution in [0.25, 0.3) is 0 Å². The molecule has 7 nitrogen and oxygen atoms in total. The standard InChI is InChI=1S/C23H23ClN2O5/c1-14(2)25-22(27)17-10-8-15(24)12-18(17)26-23(28)21-11-9-16(31-21)13-30-20-7-5-4-6-19(20)29-3/h4-12,14H,13H2,1-3H3,(H,25,27)(H,26,28). The molecule has 1 aromatic heterocycles. The lowest BCUT2D eigenvalue weighted by Crippen LogP contribution is -2.31. The highest BCUT2D eigenvalue weighted by atomic mass is 35.5. The van der Waals surface area contributed by atoms with E-state index in [4.69, 9.17) is 25.5 Å². The molecule has 2 N–H and O–H groups in total. The Bertz CT molecular complexity index is 1080. The summed E-state index contributed by atoms with van der Waals surface area (Å²) in [5, 5.41) is 5.87. The third-order valence-electron chi connectivity index (χ3n) is 4.22. The van der Waals surface area contributed by atoms with Crippen LogP contribution in [0.4, 0.5) is 5.69 Å². The van der Waals surface area contributed by atoms with Crippen LogP contribution in [-0.4, -0.2) is 25.0 Å². The fourth-order valence-corrected chi connectivity index (χ4v) is 2.98. The zero-order chi connectivity index (χ0) is 22.4. The molecule has 0 saturated heterocycles. The van der Waals surface area contributed by atoms with E-state index in [0.717, 1.165) is 0 Å². The number of ether oxygens (including phenoxy) is 2. The molecule has 0 unspecified atom stereocenters. The van der Waals surface area contributed by atoms with Crippen molar-refractivity contribution in [3.63, 3.8) is 0 Å². The van der Waals surface area contributed by atoms with Gasteiger partial charge in [-0.3, -0.25) is 9.59 Å². The molecule has 0 aliphatic heterocycles. The molecule has 8 heteroatoms. The Morgan fingerprint density at radius 2 is 1.77 bits per heavy atom. The number of hydrogen-bond donors (Lipinski definition) is 2. The average Bonchev–Trinajstić information content (AvgIpc) is 3.21. The zero-order valence-corrected chi connectivity index (χ0v) is 18.2. The molecular weight excluding hydrogens is 420 g/mol. The lowest BCUT2D eigenvalue weighted by atomic mass is 10.1. The maximum absolute atomic E-state index is 12.7. The van der Waals surface area contributed by atoms with E-state index in [0.29, 0.717) is 33.5 Å². The molecule has 0 saturated carbocycles. The minimum atomic E-state index is -0.510. The predicted molar refractivity (Wildman–Crippen MR) is 118 cm³/mol. The molecule has 162 valence electrons. The quantitative estimate of drug-likeness (QED) is 0.517. The highest BCUT2D eigenvalue weighted by Gasteiger charge is 2.18. The third kappa shape index (κ3) is 5.79. The van der Waals surface area contributed by atoms with E-state index >= 15 is 0 Å². The van der Waals surface area contributed by atoms with E-state index < -0.39 is 5.91 Å². The SMILES string of the molecule is COc1ccccc1OCc1ccc(C(=O)Nc2cc(Cl)ccc2C(=O)NC(C)C)o1. The number of nitrogens with one attached hydrogen (secondary N) is 2. The molecule has 2 aromatic carbocycles. The molecule has 2 amide bonds. The molecule has 0 atom stereocenters. The van der Waals surface area contributed by atoms with Crippen molar-refractivity contribution in [3.8, 4) is 11.5 Å². The van der Waals surface area contributed by atoms with Gasteiger partial charge in [-0.1, -0.05) is 23.7 Å². The molecule has 31 heavy (non-hydrogen) atoms. The van der Waals surface area contributed by atoms with Crippen molar-refractivity contribution in [3.05, 3.63) is 76.7 Å². The number of furan rings is 1.